The van der Waals surface area contributed by atoms with Crippen LogP contribution >= 0.6 is 0 Å². The van der Waals surface area contributed by atoms with Crippen molar-refractivity contribution in [1.82, 2.24) is 5.43 Å². The molecular formula is C12H24N2. The van der Waals surface area contributed by atoms with Gasteiger partial charge < -0.3 is 0 Å². The van der Waals surface area contributed by atoms with Crippen molar-refractivity contribution in [2.45, 2.75) is 52.0 Å². The quantitative estimate of drug-likeness (QED) is 0.523. The molecule has 0 aromatic rings. The van der Waals surface area contributed by atoms with Gasteiger partial charge in [-0.1, -0.05) is 20.3 Å². The van der Waals surface area contributed by atoms with Gasteiger partial charge in [-0.05, 0) is 49.4 Å². The highest BCUT2D eigenvalue weighted by Gasteiger charge is 2.55. The number of fused-ring (bicyclic) bond motifs is 1. The number of nitrogens with two attached hydrogens (primary N) is 1. The lowest BCUT2D eigenvalue weighted by Crippen LogP contribution is -2.38. The second-order valence-corrected chi connectivity index (χ2v) is 5.58. The van der Waals surface area contributed by atoms with Gasteiger partial charge in [0.05, 0.1) is 0 Å². The van der Waals surface area contributed by atoms with E-state index in [-0.39, 0.29) is 0 Å². The highest BCUT2D eigenvalue weighted by Crippen LogP contribution is 2.59. The van der Waals surface area contributed by atoms with E-state index in [0.717, 1.165) is 23.7 Å². The van der Waals surface area contributed by atoms with Gasteiger partial charge in [0.15, 0.2) is 0 Å². The van der Waals surface area contributed by atoms with Gasteiger partial charge in [0, 0.05) is 6.04 Å². The molecule has 0 saturated heterocycles. The molecule has 3 N–H and O–H groups in total. The molecule has 82 valence electrons. The van der Waals surface area contributed by atoms with E-state index < -0.39 is 0 Å². The van der Waals surface area contributed by atoms with Gasteiger partial charge in [-0.3, -0.25) is 11.3 Å². The van der Waals surface area contributed by atoms with Crippen LogP contribution in [0.3, 0.4) is 0 Å². The van der Waals surface area contributed by atoms with Crippen molar-refractivity contribution >= 4 is 0 Å². The maximum atomic E-state index is 5.65. The van der Waals surface area contributed by atoms with Crippen LogP contribution in [0.25, 0.3) is 0 Å². The lowest BCUT2D eigenvalue weighted by Gasteiger charge is -2.18. The first-order valence-corrected chi connectivity index (χ1v) is 6.20. The van der Waals surface area contributed by atoms with Crippen LogP contribution in [0.5, 0.6) is 0 Å². The van der Waals surface area contributed by atoms with Gasteiger partial charge in [-0.15, -0.1) is 0 Å². The summed E-state index contributed by atoms with van der Waals surface area (Å²) in [4.78, 5) is 0. The molecule has 2 rings (SSSR count). The van der Waals surface area contributed by atoms with Crippen molar-refractivity contribution < 1.29 is 0 Å². The molecule has 2 aliphatic carbocycles. The fraction of sp³-hybridized carbons (Fsp3) is 1.00. The third kappa shape index (κ3) is 1.96. The van der Waals surface area contributed by atoms with Crippen molar-refractivity contribution in [2.75, 3.05) is 0 Å². The second-order valence-electron chi connectivity index (χ2n) is 5.58. The van der Waals surface area contributed by atoms with Crippen LogP contribution in [0.2, 0.25) is 0 Å². The van der Waals surface area contributed by atoms with E-state index in [0.29, 0.717) is 6.04 Å². The molecule has 0 aromatic heterocycles. The SMILES string of the molecule is CC(C)CCC(NN)C1C2CCCC21. The van der Waals surface area contributed by atoms with Crippen LogP contribution < -0.4 is 11.3 Å². The first-order valence-electron chi connectivity index (χ1n) is 6.20. The van der Waals surface area contributed by atoms with E-state index >= 15 is 0 Å². The number of hydrogen-bond donors (Lipinski definition) is 2. The van der Waals surface area contributed by atoms with E-state index in [9.17, 15) is 0 Å². The Morgan fingerprint density at radius 2 is 1.86 bits per heavy atom. The molecule has 0 heterocycles. The summed E-state index contributed by atoms with van der Waals surface area (Å²) in [6, 6.07) is 0.604. The molecule has 0 spiro atoms. The largest absolute Gasteiger partial charge is 0.271 e. The van der Waals surface area contributed by atoms with Crippen molar-refractivity contribution in [3.8, 4) is 0 Å². The number of hydrazine groups is 1. The highest BCUT2D eigenvalue weighted by molar-refractivity contribution is 5.05. The van der Waals surface area contributed by atoms with E-state index in [4.69, 9.17) is 5.84 Å². The van der Waals surface area contributed by atoms with Crippen LogP contribution in [0.15, 0.2) is 0 Å². The molecule has 2 heteroatoms. The molecule has 2 aliphatic rings. The van der Waals surface area contributed by atoms with Gasteiger partial charge in [-0.25, -0.2) is 0 Å². The predicted molar refractivity (Wildman–Crippen MR) is 59.5 cm³/mol. The maximum Gasteiger partial charge on any atom is 0.0244 e. The van der Waals surface area contributed by atoms with Crippen LogP contribution in [0, 0.1) is 23.7 Å². The van der Waals surface area contributed by atoms with Gasteiger partial charge in [0.2, 0.25) is 0 Å². The summed E-state index contributed by atoms with van der Waals surface area (Å²) in [5.41, 5.74) is 3.05. The van der Waals surface area contributed by atoms with Gasteiger partial charge in [-0.2, -0.15) is 0 Å². The first kappa shape index (κ1) is 10.4. The van der Waals surface area contributed by atoms with Crippen molar-refractivity contribution in [1.29, 1.82) is 0 Å². The average Bonchev–Trinajstić information content (AvgIpc) is 2.63. The summed E-state index contributed by atoms with van der Waals surface area (Å²) in [6.07, 6.45) is 6.98. The fourth-order valence-corrected chi connectivity index (χ4v) is 3.37. The number of rotatable bonds is 5. The van der Waals surface area contributed by atoms with Gasteiger partial charge in [0.1, 0.15) is 0 Å². The number of hydrogen-bond acceptors (Lipinski definition) is 2. The van der Waals surface area contributed by atoms with E-state index in [2.05, 4.69) is 19.3 Å². The molecule has 2 nitrogen and oxygen atoms in total. The molecule has 0 aromatic carbocycles. The van der Waals surface area contributed by atoms with E-state index in [1.165, 1.54) is 32.1 Å². The van der Waals surface area contributed by atoms with Crippen LogP contribution in [-0.4, -0.2) is 6.04 Å². The Morgan fingerprint density at radius 3 is 2.36 bits per heavy atom. The normalized spacial score (nSPS) is 37.3. The third-order valence-electron chi connectivity index (χ3n) is 4.21. The minimum Gasteiger partial charge on any atom is -0.271 e. The van der Waals surface area contributed by atoms with Crippen molar-refractivity contribution in [2.24, 2.45) is 29.5 Å². The molecule has 0 amide bonds. The Labute approximate surface area is 87.6 Å². The standard InChI is InChI=1S/C12H24N2/c1-8(2)6-7-11(14-13)12-9-4-3-5-10(9)12/h8-12,14H,3-7,13H2,1-2H3. The molecular weight excluding hydrogens is 172 g/mol. The summed E-state index contributed by atoms with van der Waals surface area (Å²) >= 11 is 0. The molecule has 14 heavy (non-hydrogen) atoms. The molecule has 3 unspecified atom stereocenters. The molecule has 2 fully saturated rings. The zero-order chi connectivity index (χ0) is 10.1. The van der Waals surface area contributed by atoms with Gasteiger partial charge >= 0.3 is 0 Å². The topological polar surface area (TPSA) is 38.0 Å². The summed E-state index contributed by atoms with van der Waals surface area (Å²) in [5.74, 6) is 9.45. The van der Waals surface area contributed by atoms with Gasteiger partial charge in [0.25, 0.3) is 0 Å². The maximum absolute atomic E-state index is 5.65. The highest BCUT2D eigenvalue weighted by atomic mass is 15.2. The molecule has 0 bridgehead atoms. The van der Waals surface area contributed by atoms with Crippen LogP contribution in [-0.2, 0) is 0 Å². The Kier molecular flexibility index (Phi) is 3.13. The minimum absolute atomic E-state index is 0.604. The summed E-state index contributed by atoms with van der Waals surface area (Å²) in [5, 5.41) is 0. The molecule has 0 radical (unpaired) electrons. The lowest BCUT2D eigenvalue weighted by molar-refractivity contribution is 0.363. The smallest absolute Gasteiger partial charge is 0.0244 e. The second kappa shape index (κ2) is 4.19. The monoisotopic (exact) mass is 196 g/mol. The average molecular weight is 196 g/mol. The Hall–Kier alpha value is -0.0800. The molecule has 0 aliphatic heterocycles. The van der Waals surface area contributed by atoms with E-state index in [1.807, 2.05) is 0 Å². The molecule has 3 atom stereocenters. The Balaban J connectivity index is 1.77. The molecule has 2 saturated carbocycles. The Morgan fingerprint density at radius 1 is 1.21 bits per heavy atom. The van der Waals surface area contributed by atoms with Crippen LogP contribution in [0.4, 0.5) is 0 Å². The van der Waals surface area contributed by atoms with E-state index in [1.54, 1.807) is 0 Å². The Bertz CT molecular complexity index is 181. The van der Waals surface area contributed by atoms with Crippen molar-refractivity contribution in [3.05, 3.63) is 0 Å². The summed E-state index contributed by atoms with van der Waals surface area (Å²) in [6.45, 7) is 4.59. The van der Waals surface area contributed by atoms with Crippen molar-refractivity contribution in [3.63, 3.8) is 0 Å². The predicted octanol–water partition coefficient (Wildman–Crippen LogP) is 2.30. The third-order valence-corrected chi connectivity index (χ3v) is 4.21. The minimum atomic E-state index is 0.604. The summed E-state index contributed by atoms with van der Waals surface area (Å²) < 4.78 is 0. The first-order chi connectivity index (χ1) is 6.74. The zero-order valence-electron chi connectivity index (χ0n) is 9.50. The lowest BCUT2D eigenvalue weighted by atomic mass is 9.97. The summed E-state index contributed by atoms with van der Waals surface area (Å²) in [7, 11) is 0. The fourth-order valence-electron chi connectivity index (χ4n) is 3.37. The zero-order valence-corrected chi connectivity index (χ0v) is 9.50. The number of nitrogens with one attached hydrogen (secondary N) is 1. The van der Waals surface area contributed by atoms with Crippen LogP contribution in [0.1, 0.15) is 46.0 Å².